The molecule has 1 fully saturated rings. The van der Waals surface area contributed by atoms with Gasteiger partial charge in [-0.25, -0.2) is 0 Å². The van der Waals surface area contributed by atoms with Crippen LogP contribution in [0.2, 0.25) is 0 Å². The molecule has 0 aromatic carbocycles. The van der Waals surface area contributed by atoms with E-state index in [0.29, 0.717) is 13.0 Å². The molecule has 82 valence electrons. The van der Waals surface area contributed by atoms with Gasteiger partial charge in [-0.15, -0.1) is 0 Å². The normalized spacial score (nSPS) is 28.8. The fourth-order valence-corrected chi connectivity index (χ4v) is 1.42. The topological polar surface area (TPSA) is 78.8 Å². The number of aliphatic hydroxyl groups excluding tert-OH is 2. The maximum absolute atomic E-state index is 11.6. The SMILES string of the molecule is CC1(C(=O)NCC(O)CO)CCCO1. The van der Waals surface area contributed by atoms with Crippen LogP contribution in [0.3, 0.4) is 0 Å². The van der Waals surface area contributed by atoms with Crippen LogP contribution in [0.15, 0.2) is 0 Å². The molecule has 1 heterocycles. The van der Waals surface area contributed by atoms with Crippen LogP contribution in [0.1, 0.15) is 19.8 Å². The van der Waals surface area contributed by atoms with Gasteiger partial charge in [0.05, 0.1) is 12.7 Å². The molecule has 1 rings (SSSR count). The van der Waals surface area contributed by atoms with E-state index < -0.39 is 11.7 Å². The van der Waals surface area contributed by atoms with Gasteiger partial charge in [0.25, 0.3) is 5.91 Å². The van der Waals surface area contributed by atoms with E-state index in [9.17, 15) is 4.79 Å². The van der Waals surface area contributed by atoms with Crippen LogP contribution in [-0.4, -0.2) is 47.6 Å². The summed E-state index contributed by atoms with van der Waals surface area (Å²) in [5.74, 6) is -0.220. The fraction of sp³-hybridized carbons (Fsp3) is 0.889. The average Bonchev–Trinajstić information content (AvgIpc) is 2.62. The molecule has 2 unspecified atom stereocenters. The third-order valence-electron chi connectivity index (χ3n) is 2.41. The minimum absolute atomic E-state index is 0.0638. The average molecular weight is 203 g/mol. The second kappa shape index (κ2) is 4.72. The van der Waals surface area contributed by atoms with Gasteiger partial charge >= 0.3 is 0 Å². The largest absolute Gasteiger partial charge is 0.394 e. The molecule has 0 aromatic rings. The molecule has 1 amide bonds. The molecule has 5 nitrogen and oxygen atoms in total. The highest BCUT2D eigenvalue weighted by Gasteiger charge is 2.37. The lowest BCUT2D eigenvalue weighted by Gasteiger charge is -2.22. The number of carbonyl (C=O) groups excluding carboxylic acids is 1. The number of nitrogens with one attached hydrogen (secondary N) is 1. The Labute approximate surface area is 83.1 Å². The maximum atomic E-state index is 11.6. The second-order valence-electron chi connectivity index (χ2n) is 3.73. The Hall–Kier alpha value is -0.650. The Balaban J connectivity index is 2.34. The van der Waals surface area contributed by atoms with Crippen molar-refractivity contribution in [2.24, 2.45) is 0 Å². The van der Waals surface area contributed by atoms with Crippen LogP contribution < -0.4 is 5.32 Å². The molecule has 1 aliphatic heterocycles. The number of hydrogen-bond acceptors (Lipinski definition) is 4. The van der Waals surface area contributed by atoms with E-state index in [0.717, 1.165) is 6.42 Å². The summed E-state index contributed by atoms with van der Waals surface area (Å²) in [6.45, 7) is 2.05. The van der Waals surface area contributed by atoms with Crippen molar-refractivity contribution in [2.45, 2.75) is 31.5 Å². The zero-order valence-corrected chi connectivity index (χ0v) is 8.32. The monoisotopic (exact) mass is 203 g/mol. The van der Waals surface area contributed by atoms with Gasteiger partial charge in [-0.05, 0) is 19.8 Å². The number of aliphatic hydroxyl groups is 2. The van der Waals surface area contributed by atoms with Crippen molar-refractivity contribution < 1.29 is 19.7 Å². The predicted molar refractivity (Wildman–Crippen MR) is 49.7 cm³/mol. The van der Waals surface area contributed by atoms with Crippen LogP contribution in [0, 0.1) is 0 Å². The Kier molecular flexibility index (Phi) is 3.86. The Bertz CT molecular complexity index is 201. The van der Waals surface area contributed by atoms with Gasteiger partial charge in [0.1, 0.15) is 5.60 Å². The molecule has 0 aromatic heterocycles. The summed E-state index contributed by atoms with van der Waals surface area (Å²) in [5.41, 5.74) is -0.755. The first kappa shape index (κ1) is 11.4. The minimum atomic E-state index is -0.899. The highest BCUT2D eigenvalue weighted by molar-refractivity contribution is 5.85. The van der Waals surface area contributed by atoms with Crippen LogP contribution >= 0.6 is 0 Å². The summed E-state index contributed by atoms with van der Waals surface area (Å²) < 4.78 is 5.31. The van der Waals surface area contributed by atoms with Crippen molar-refractivity contribution in [2.75, 3.05) is 19.8 Å². The van der Waals surface area contributed by atoms with Crippen molar-refractivity contribution in [3.63, 3.8) is 0 Å². The first-order valence-electron chi connectivity index (χ1n) is 4.79. The fourth-order valence-electron chi connectivity index (χ4n) is 1.42. The van der Waals surface area contributed by atoms with Gasteiger partial charge in [-0.3, -0.25) is 4.79 Å². The van der Waals surface area contributed by atoms with Crippen LogP contribution in [0.4, 0.5) is 0 Å². The molecule has 0 saturated carbocycles. The van der Waals surface area contributed by atoms with Gasteiger partial charge in [-0.1, -0.05) is 0 Å². The van der Waals surface area contributed by atoms with Crippen molar-refractivity contribution in [1.82, 2.24) is 5.32 Å². The van der Waals surface area contributed by atoms with E-state index in [4.69, 9.17) is 14.9 Å². The summed E-state index contributed by atoms with van der Waals surface area (Å²) in [4.78, 5) is 11.6. The smallest absolute Gasteiger partial charge is 0.252 e. The Morgan fingerprint density at radius 2 is 2.43 bits per heavy atom. The number of amides is 1. The van der Waals surface area contributed by atoms with Gasteiger partial charge in [0.2, 0.25) is 0 Å². The van der Waals surface area contributed by atoms with Crippen molar-refractivity contribution >= 4 is 5.91 Å². The maximum Gasteiger partial charge on any atom is 0.252 e. The van der Waals surface area contributed by atoms with Gasteiger partial charge in [0, 0.05) is 13.2 Å². The quantitative estimate of drug-likeness (QED) is 0.549. The third kappa shape index (κ3) is 2.67. The lowest BCUT2D eigenvalue weighted by Crippen LogP contribution is -2.46. The van der Waals surface area contributed by atoms with Gasteiger partial charge in [0.15, 0.2) is 0 Å². The molecule has 1 saturated heterocycles. The third-order valence-corrected chi connectivity index (χ3v) is 2.41. The zero-order valence-electron chi connectivity index (χ0n) is 8.32. The molecule has 0 aliphatic carbocycles. The van der Waals surface area contributed by atoms with E-state index in [2.05, 4.69) is 5.32 Å². The number of rotatable bonds is 4. The molecular formula is C9H17NO4. The highest BCUT2D eigenvalue weighted by atomic mass is 16.5. The predicted octanol–water partition coefficient (Wildman–Crippen LogP) is -0.975. The van der Waals surface area contributed by atoms with Gasteiger partial charge in [-0.2, -0.15) is 0 Å². The summed E-state index contributed by atoms with van der Waals surface area (Å²) in [5, 5.41) is 20.1. The van der Waals surface area contributed by atoms with Crippen molar-refractivity contribution in [3.05, 3.63) is 0 Å². The van der Waals surface area contributed by atoms with Crippen LogP contribution in [-0.2, 0) is 9.53 Å². The van der Waals surface area contributed by atoms with E-state index >= 15 is 0 Å². The molecule has 2 atom stereocenters. The first-order chi connectivity index (χ1) is 6.58. The van der Waals surface area contributed by atoms with E-state index in [-0.39, 0.29) is 19.1 Å². The van der Waals surface area contributed by atoms with Crippen molar-refractivity contribution in [1.29, 1.82) is 0 Å². The van der Waals surface area contributed by atoms with E-state index in [1.807, 2.05) is 0 Å². The first-order valence-corrected chi connectivity index (χ1v) is 4.79. The number of ether oxygens (including phenoxy) is 1. The van der Waals surface area contributed by atoms with Gasteiger partial charge < -0.3 is 20.3 Å². The minimum Gasteiger partial charge on any atom is -0.394 e. The second-order valence-corrected chi connectivity index (χ2v) is 3.73. The molecular weight excluding hydrogens is 186 g/mol. The molecule has 3 N–H and O–H groups in total. The Morgan fingerprint density at radius 3 is 2.93 bits per heavy atom. The van der Waals surface area contributed by atoms with Crippen LogP contribution in [0.25, 0.3) is 0 Å². The molecule has 0 spiro atoms. The molecule has 0 bridgehead atoms. The molecule has 5 heteroatoms. The molecule has 0 radical (unpaired) electrons. The standard InChI is InChI=1S/C9H17NO4/c1-9(3-2-4-14-9)8(13)10-5-7(12)6-11/h7,11-12H,2-6H2,1H3,(H,10,13). The highest BCUT2D eigenvalue weighted by Crippen LogP contribution is 2.24. The number of hydrogen-bond donors (Lipinski definition) is 3. The van der Waals surface area contributed by atoms with Crippen molar-refractivity contribution in [3.8, 4) is 0 Å². The lowest BCUT2D eigenvalue weighted by molar-refractivity contribution is -0.140. The van der Waals surface area contributed by atoms with E-state index in [1.54, 1.807) is 6.92 Å². The summed E-state index contributed by atoms with van der Waals surface area (Å²) in [6.07, 6.45) is 0.685. The Morgan fingerprint density at radius 1 is 1.71 bits per heavy atom. The summed E-state index contributed by atoms with van der Waals surface area (Å²) in [6, 6.07) is 0. The zero-order chi connectivity index (χ0) is 10.6. The molecule has 14 heavy (non-hydrogen) atoms. The van der Waals surface area contributed by atoms with Crippen LogP contribution in [0.5, 0.6) is 0 Å². The summed E-state index contributed by atoms with van der Waals surface area (Å²) in [7, 11) is 0. The summed E-state index contributed by atoms with van der Waals surface area (Å²) >= 11 is 0. The molecule has 1 aliphatic rings. The lowest BCUT2D eigenvalue weighted by atomic mass is 10.0. The number of carbonyl (C=O) groups is 1. The van der Waals surface area contributed by atoms with E-state index in [1.165, 1.54) is 0 Å².